The van der Waals surface area contributed by atoms with Crippen molar-refractivity contribution in [1.29, 1.82) is 0 Å². The Hall–Kier alpha value is -1.92. The molecule has 6 heteroatoms. The van der Waals surface area contributed by atoms with E-state index in [2.05, 4.69) is 15.0 Å². The summed E-state index contributed by atoms with van der Waals surface area (Å²) in [5, 5.41) is 15.0. The van der Waals surface area contributed by atoms with Crippen LogP contribution in [0.25, 0.3) is 0 Å². The van der Waals surface area contributed by atoms with Crippen molar-refractivity contribution in [2.75, 3.05) is 27.7 Å². The summed E-state index contributed by atoms with van der Waals surface area (Å²) < 4.78 is 7.13. The first kappa shape index (κ1) is 15.5. The monoisotopic (exact) mass is 290 g/mol. The van der Waals surface area contributed by atoms with Crippen molar-refractivity contribution in [2.45, 2.75) is 19.6 Å². The number of aryl methyl sites for hydroxylation is 1. The minimum atomic E-state index is -0.807. The van der Waals surface area contributed by atoms with Crippen LogP contribution in [0, 0.1) is 6.92 Å². The maximum absolute atomic E-state index is 10.7. The van der Waals surface area contributed by atoms with Crippen LogP contribution in [0.15, 0.2) is 24.5 Å². The zero-order chi connectivity index (χ0) is 15.4. The molecule has 0 fully saturated rings. The van der Waals surface area contributed by atoms with Gasteiger partial charge < -0.3 is 14.7 Å². The summed E-state index contributed by atoms with van der Waals surface area (Å²) in [6.45, 7) is 3.39. The second-order valence-electron chi connectivity index (χ2n) is 5.21. The number of rotatable bonds is 6. The molecule has 0 saturated heterocycles. The molecule has 0 aliphatic rings. The number of hydrogen-bond donors (Lipinski definition) is 1. The highest BCUT2D eigenvalue weighted by Gasteiger charge is 2.23. The third-order valence-electron chi connectivity index (χ3n) is 3.43. The fourth-order valence-electron chi connectivity index (χ4n) is 2.22. The predicted molar refractivity (Wildman–Crippen MR) is 80.4 cm³/mol. The topological polar surface area (TPSA) is 63.4 Å². The van der Waals surface area contributed by atoms with Gasteiger partial charge in [-0.25, -0.2) is 0 Å². The Bertz CT molecular complexity index is 595. The van der Waals surface area contributed by atoms with Crippen molar-refractivity contribution in [3.05, 3.63) is 41.5 Å². The number of hydrogen-bond acceptors (Lipinski definition) is 5. The molecule has 2 heterocycles. The molecule has 0 bridgehead atoms. The maximum atomic E-state index is 10.7. The van der Waals surface area contributed by atoms with Gasteiger partial charge in [0, 0.05) is 24.0 Å². The first-order valence-electron chi connectivity index (χ1n) is 6.88. The van der Waals surface area contributed by atoms with Gasteiger partial charge in [-0.3, -0.25) is 9.67 Å². The fourth-order valence-corrected chi connectivity index (χ4v) is 2.22. The van der Waals surface area contributed by atoms with E-state index in [0.29, 0.717) is 18.0 Å². The number of methoxy groups -OCH3 is 1. The molecule has 0 aliphatic heterocycles. The average Bonchev–Trinajstić information content (AvgIpc) is 2.87. The molecule has 0 saturated carbocycles. The number of pyridine rings is 1. The Labute approximate surface area is 125 Å². The van der Waals surface area contributed by atoms with E-state index in [1.807, 2.05) is 33.2 Å². The second kappa shape index (κ2) is 6.69. The summed E-state index contributed by atoms with van der Waals surface area (Å²) in [5.74, 6) is 0.588. The lowest BCUT2D eigenvalue weighted by Gasteiger charge is -2.17. The van der Waals surface area contributed by atoms with Crippen molar-refractivity contribution in [3.63, 3.8) is 0 Å². The Balaban J connectivity index is 2.36. The van der Waals surface area contributed by atoms with Gasteiger partial charge in [-0.1, -0.05) is 6.07 Å². The summed E-state index contributed by atoms with van der Waals surface area (Å²) in [6, 6.07) is 3.69. The molecule has 2 aromatic heterocycles. The standard InChI is InChI=1S/C15H22N4O2/c1-11-12(6-5-7-16-11)15(20)14-13(21-4)10-17-19(14)9-8-18(2)3/h5-7,10,15,20H,8-9H2,1-4H3. The van der Waals surface area contributed by atoms with Crippen LogP contribution >= 0.6 is 0 Å². The third kappa shape index (κ3) is 3.40. The molecule has 21 heavy (non-hydrogen) atoms. The van der Waals surface area contributed by atoms with Gasteiger partial charge in [-0.15, -0.1) is 0 Å². The molecular formula is C15H22N4O2. The SMILES string of the molecule is COc1cnn(CCN(C)C)c1C(O)c1cccnc1C. The van der Waals surface area contributed by atoms with Crippen LogP contribution in [0.4, 0.5) is 0 Å². The lowest BCUT2D eigenvalue weighted by Crippen LogP contribution is -2.21. The van der Waals surface area contributed by atoms with Crippen LogP contribution in [0.5, 0.6) is 5.75 Å². The van der Waals surface area contributed by atoms with E-state index in [9.17, 15) is 5.11 Å². The zero-order valence-corrected chi connectivity index (χ0v) is 12.9. The predicted octanol–water partition coefficient (Wildman–Crippen LogP) is 1.24. The molecule has 0 aromatic carbocycles. The van der Waals surface area contributed by atoms with Gasteiger partial charge in [0.1, 0.15) is 11.8 Å². The van der Waals surface area contributed by atoms with Crippen LogP contribution in [0.1, 0.15) is 23.1 Å². The lowest BCUT2D eigenvalue weighted by molar-refractivity contribution is 0.199. The summed E-state index contributed by atoms with van der Waals surface area (Å²) in [7, 11) is 5.59. The normalized spacial score (nSPS) is 12.7. The molecular weight excluding hydrogens is 268 g/mol. The number of likely N-dealkylation sites (N-methyl/N-ethyl adjacent to an activating group) is 1. The molecule has 2 aromatic rings. The van der Waals surface area contributed by atoms with Gasteiger partial charge in [0.15, 0.2) is 5.75 Å². The van der Waals surface area contributed by atoms with Gasteiger partial charge in [0.05, 0.1) is 19.9 Å². The molecule has 0 amide bonds. The van der Waals surface area contributed by atoms with Crippen molar-refractivity contribution in [3.8, 4) is 5.75 Å². The largest absolute Gasteiger partial charge is 0.493 e. The number of aliphatic hydroxyl groups is 1. The molecule has 1 atom stereocenters. The van der Waals surface area contributed by atoms with Gasteiger partial charge in [0.2, 0.25) is 0 Å². The minimum absolute atomic E-state index is 0.588. The van der Waals surface area contributed by atoms with Crippen LogP contribution in [0.3, 0.4) is 0 Å². The summed E-state index contributed by atoms with van der Waals surface area (Å²) in [4.78, 5) is 6.30. The van der Waals surface area contributed by atoms with Crippen LogP contribution < -0.4 is 4.74 Å². The van der Waals surface area contributed by atoms with E-state index in [4.69, 9.17) is 4.74 Å². The molecule has 6 nitrogen and oxygen atoms in total. The molecule has 1 N–H and O–H groups in total. The van der Waals surface area contributed by atoms with E-state index in [1.54, 1.807) is 24.2 Å². The number of aliphatic hydroxyl groups excluding tert-OH is 1. The second-order valence-corrected chi connectivity index (χ2v) is 5.21. The fraction of sp³-hybridized carbons (Fsp3) is 0.467. The molecule has 0 radical (unpaired) electrons. The highest BCUT2D eigenvalue weighted by Crippen LogP contribution is 2.30. The zero-order valence-electron chi connectivity index (χ0n) is 12.9. The van der Waals surface area contributed by atoms with Crippen LogP contribution in [0.2, 0.25) is 0 Å². The quantitative estimate of drug-likeness (QED) is 0.867. The summed E-state index contributed by atoms with van der Waals surface area (Å²) >= 11 is 0. The van der Waals surface area contributed by atoms with Crippen molar-refractivity contribution < 1.29 is 9.84 Å². The van der Waals surface area contributed by atoms with Gasteiger partial charge >= 0.3 is 0 Å². The van der Waals surface area contributed by atoms with E-state index in [-0.39, 0.29) is 0 Å². The Morgan fingerprint density at radius 3 is 2.81 bits per heavy atom. The first-order chi connectivity index (χ1) is 10.0. The number of aromatic nitrogens is 3. The highest BCUT2D eigenvalue weighted by atomic mass is 16.5. The molecule has 2 rings (SSSR count). The average molecular weight is 290 g/mol. The summed E-state index contributed by atoms with van der Waals surface area (Å²) in [6.07, 6.45) is 2.55. The van der Waals surface area contributed by atoms with Crippen molar-refractivity contribution in [2.24, 2.45) is 0 Å². The van der Waals surface area contributed by atoms with Gasteiger partial charge in [0.25, 0.3) is 0 Å². The van der Waals surface area contributed by atoms with Crippen molar-refractivity contribution in [1.82, 2.24) is 19.7 Å². The third-order valence-corrected chi connectivity index (χ3v) is 3.43. The van der Waals surface area contributed by atoms with Gasteiger partial charge in [-0.2, -0.15) is 5.10 Å². The summed E-state index contributed by atoms with van der Waals surface area (Å²) in [5.41, 5.74) is 2.23. The van der Waals surface area contributed by atoms with E-state index >= 15 is 0 Å². The van der Waals surface area contributed by atoms with E-state index in [0.717, 1.165) is 17.8 Å². The molecule has 0 aliphatic carbocycles. The molecule has 114 valence electrons. The number of nitrogens with zero attached hydrogens (tertiary/aromatic N) is 4. The van der Waals surface area contributed by atoms with Gasteiger partial charge in [-0.05, 0) is 27.1 Å². The Morgan fingerprint density at radius 1 is 1.43 bits per heavy atom. The molecule has 0 spiro atoms. The Morgan fingerprint density at radius 2 is 2.19 bits per heavy atom. The van der Waals surface area contributed by atoms with Crippen LogP contribution in [-0.4, -0.2) is 52.5 Å². The number of ether oxygens (including phenoxy) is 1. The van der Waals surface area contributed by atoms with Crippen LogP contribution in [-0.2, 0) is 6.54 Å². The lowest BCUT2D eigenvalue weighted by atomic mass is 10.0. The van der Waals surface area contributed by atoms with Crippen molar-refractivity contribution >= 4 is 0 Å². The van der Waals surface area contributed by atoms with E-state index in [1.165, 1.54) is 0 Å². The molecule has 1 unspecified atom stereocenters. The first-order valence-corrected chi connectivity index (χ1v) is 6.88. The maximum Gasteiger partial charge on any atom is 0.163 e. The highest BCUT2D eigenvalue weighted by molar-refractivity contribution is 5.36. The van der Waals surface area contributed by atoms with E-state index < -0.39 is 6.10 Å². The minimum Gasteiger partial charge on any atom is -0.493 e. The Kier molecular flexibility index (Phi) is 4.93. The smallest absolute Gasteiger partial charge is 0.163 e.